The predicted octanol–water partition coefficient (Wildman–Crippen LogP) is 3.76. The number of fused-ring (bicyclic) bond motifs is 1. The van der Waals surface area contributed by atoms with Gasteiger partial charge in [0.2, 0.25) is 0 Å². The number of nitrogens with zero attached hydrogens (tertiary/aromatic N) is 3. The fourth-order valence-corrected chi connectivity index (χ4v) is 3.88. The third-order valence-electron chi connectivity index (χ3n) is 4.34. The van der Waals surface area contributed by atoms with E-state index in [1.54, 1.807) is 7.11 Å². The number of hydrogen-bond donors (Lipinski definition) is 0. The lowest BCUT2D eigenvalue weighted by Gasteiger charge is -2.09. The number of ether oxygens (including phenoxy) is 1. The van der Waals surface area contributed by atoms with Crippen molar-refractivity contribution in [2.45, 2.75) is 32.0 Å². The molecule has 132 valence electrons. The first-order chi connectivity index (χ1) is 12.1. The molecular formula is C19H23N3O2S. The van der Waals surface area contributed by atoms with Crippen LogP contribution in [0.4, 0.5) is 0 Å². The van der Waals surface area contributed by atoms with E-state index >= 15 is 0 Å². The second kappa shape index (κ2) is 7.89. The molecule has 6 heteroatoms. The number of ketones is 1. The van der Waals surface area contributed by atoms with E-state index in [1.807, 2.05) is 54.9 Å². The highest BCUT2D eigenvalue weighted by Crippen LogP contribution is 2.22. The second-order valence-electron chi connectivity index (χ2n) is 6.03. The molecule has 3 aromatic rings. The van der Waals surface area contributed by atoms with E-state index in [-0.39, 0.29) is 5.78 Å². The molecular weight excluding hydrogens is 334 g/mol. The largest absolute Gasteiger partial charge is 0.385 e. The number of methoxy groups -OCH3 is 1. The number of pyridine rings is 1. The van der Waals surface area contributed by atoms with Crippen molar-refractivity contribution in [2.24, 2.45) is 0 Å². The molecule has 0 aliphatic rings. The topological polar surface area (TPSA) is 48.5 Å². The fourth-order valence-electron chi connectivity index (χ4n) is 3.03. The van der Waals surface area contributed by atoms with Gasteiger partial charge in [-0.3, -0.25) is 9.20 Å². The van der Waals surface area contributed by atoms with Crippen LogP contribution in [0.25, 0.3) is 5.52 Å². The van der Waals surface area contributed by atoms with Crippen LogP contribution >= 0.6 is 11.8 Å². The van der Waals surface area contributed by atoms with Crippen LogP contribution in [-0.4, -0.2) is 39.2 Å². The lowest BCUT2D eigenvalue weighted by atomic mass is 10.2. The summed E-state index contributed by atoms with van der Waals surface area (Å²) in [4.78, 5) is 17.1. The van der Waals surface area contributed by atoms with E-state index in [0.717, 1.165) is 47.2 Å². The van der Waals surface area contributed by atoms with Crippen LogP contribution in [0.3, 0.4) is 0 Å². The molecule has 3 aromatic heterocycles. The molecule has 0 fully saturated rings. The Morgan fingerprint density at radius 2 is 2.16 bits per heavy atom. The summed E-state index contributed by atoms with van der Waals surface area (Å²) < 4.78 is 9.32. The van der Waals surface area contributed by atoms with Gasteiger partial charge in [0.05, 0.1) is 17.5 Å². The molecule has 0 unspecified atom stereocenters. The van der Waals surface area contributed by atoms with Crippen molar-refractivity contribution in [1.82, 2.24) is 14.0 Å². The molecule has 0 aromatic carbocycles. The molecule has 0 aliphatic carbocycles. The van der Waals surface area contributed by atoms with Crippen molar-refractivity contribution >= 4 is 23.1 Å². The maximum atomic E-state index is 12.7. The summed E-state index contributed by atoms with van der Waals surface area (Å²) in [7, 11) is 1.71. The highest BCUT2D eigenvalue weighted by molar-refractivity contribution is 7.99. The van der Waals surface area contributed by atoms with Crippen LogP contribution in [-0.2, 0) is 11.3 Å². The van der Waals surface area contributed by atoms with Gasteiger partial charge in [-0.25, -0.2) is 4.98 Å². The van der Waals surface area contributed by atoms with Gasteiger partial charge < -0.3 is 9.30 Å². The maximum Gasteiger partial charge on any atom is 0.175 e. The van der Waals surface area contributed by atoms with Gasteiger partial charge in [-0.05, 0) is 38.5 Å². The summed E-state index contributed by atoms with van der Waals surface area (Å²) in [5.41, 5.74) is 4.00. The van der Waals surface area contributed by atoms with Crippen molar-refractivity contribution in [3.05, 3.63) is 53.6 Å². The van der Waals surface area contributed by atoms with Crippen LogP contribution in [0, 0.1) is 13.8 Å². The average Bonchev–Trinajstić information content (AvgIpc) is 3.15. The standard InChI is InChI=1S/C19H23N3O2S/c1-14-11-17(15(2)21(14)9-6-10-24-3)18(23)13-25-19-20-12-16-7-4-5-8-22(16)19/h4-5,7-8,11-12H,6,9-10,13H2,1-3H3. The Morgan fingerprint density at radius 1 is 1.32 bits per heavy atom. The first kappa shape index (κ1) is 17.8. The number of thioether (sulfide) groups is 1. The van der Waals surface area contributed by atoms with Crippen LogP contribution < -0.4 is 0 Å². The number of aromatic nitrogens is 3. The molecule has 3 heterocycles. The monoisotopic (exact) mass is 357 g/mol. The normalized spacial score (nSPS) is 11.3. The highest BCUT2D eigenvalue weighted by atomic mass is 32.2. The van der Waals surface area contributed by atoms with Gasteiger partial charge in [0.1, 0.15) is 0 Å². The minimum absolute atomic E-state index is 0.142. The summed E-state index contributed by atoms with van der Waals surface area (Å²) in [6, 6.07) is 7.95. The van der Waals surface area contributed by atoms with Gasteiger partial charge in [0.15, 0.2) is 10.9 Å². The van der Waals surface area contributed by atoms with E-state index in [4.69, 9.17) is 4.74 Å². The number of carbonyl (C=O) groups excluding carboxylic acids is 1. The first-order valence-corrected chi connectivity index (χ1v) is 9.34. The Hall–Kier alpha value is -2.05. The third-order valence-corrected chi connectivity index (χ3v) is 5.31. The molecule has 0 aliphatic heterocycles. The van der Waals surface area contributed by atoms with E-state index in [0.29, 0.717) is 5.75 Å². The molecule has 25 heavy (non-hydrogen) atoms. The number of hydrogen-bond acceptors (Lipinski definition) is 4. The minimum atomic E-state index is 0.142. The number of carbonyl (C=O) groups is 1. The van der Waals surface area contributed by atoms with Gasteiger partial charge in [0, 0.05) is 43.4 Å². The third kappa shape index (κ3) is 3.80. The molecule has 0 amide bonds. The van der Waals surface area contributed by atoms with Crippen molar-refractivity contribution < 1.29 is 9.53 Å². The first-order valence-electron chi connectivity index (χ1n) is 8.35. The molecule has 0 radical (unpaired) electrons. The van der Waals surface area contributed by atoms with E-state index in [9.17, 15) is 4.79 Å². The van der Waals surface area contributed by atoms with E-state index < -0.39 is 0 Å². The summed E-state index contributed by atoms with van der Waals surface area (Å²) in [6.45, 7) is 5.66. The Morgan fingerprint density at radius 3 is 2.96 bits per heavy atom. The Labute approximate surface area is 152 Å². The quantitative estimate of drug-likeness (QED) is 0.350. The molecule has 3 rings (SSSR count). The van der Waals surface area contributed by atoms with Gasteiger partial charge in [-0.2, -0.15) is 0 Å². The molecule has 0 bridgehead atoms. The Kier molecular flexibility index (Phi) is 5.60. The van der Waals surface area contributed by atoms with Gasteiger partial charge >= 0.3 is 0 Å². The van der Waals surface area contributed by atoms with Gasteiger partial charge in [-0.15, -0.1) is 0 Å². The lowest BCUT2D eigenvalue weighted by Crippen LogP contribution is -2.08. The average molecular weight is 357 g/mol. The smallest absolute Gasteiger partial charge is 0.175 e. The van der Waals surface area contributed by atoms with Crippen LogP contribution in [0.2, 0.25) is 0 Å². The van der Waals surface area contributed by atoms with Crippen LogP contribution in [0.5, 0.6) is 0 Å². The number of rotatable bonds is 8. The zero-order valence-corrected chi connectivity index (χ0v) is 15.7. The summed E-state index contributed by atoms with van der Waals surface area (Å²) in [5, 5.41) is 0.845. The number of imidazole rings is 1. The van der Waals surface area contributed by atoms with Gasteiger partial charge in [0.25, 0.3) is 0 Å². The fraction of sp³-hybridized carbons (Fsp3) is 0.368. The molecule has 5 nitrogen and oxygen atoms in total. The second-order valence-corrected chi connectivity index (χ2v) is 6.97. The zero-order chi connectivity index (χ0) is 17.8. The van der Waals surface area contributed by atoms with Crippen LogP contribution in [0.15, 0.2) is 41.8 Å². The summed E-state index contributed by atoms with van der Waals surface area (Å²) in [5.74, 6) is 0.528. The SMILES string of the molecule is COCCCn1c(C)cc(C(=O)CSc2ncc3ccccn23)c1C. The van der Waals surface area contributed by atoms with E-state index in [2.05, 4.69) is 9.55 Å². The van der Waals surface area contributed by atoms with Gasteiger partial charge in [-0.1, -0.05) is 17.8 Å². The summed E-state index contributed by atoms with van der Waals surface area (Å²) >= 11 is 1.48. The Balaban J connectivity index is 1.70. The predicted molar refractivity (Wildman–Crippen MR) is 101 cm³/mol. The van der Waals surface area contributed by atoms with E-state index in [1.165, 1.54) is 11.8 Å². The molecule has 0 spiro atoms. The molecule has 0 atom stereocenters. The number of Topliss-reactive ketones (excluding diaryl/α,β-unsaturated/α-hetero) is 1. The van der Waals surface area contributed by atoms with Crippen LogP contribution in [0.1, 0.15) is 28.2 Å². The van der Waals surface area contributed by atoms with Crippen molar-refractivity contribution in [2.75, 3.05) is 19.5 Å². The van der Waals surface area contributed by atoms with Crippen molar-refractivity contribution in [3.63, 3.8) is 0 Å². The molecule has 0 saturated heterocycles. The van der Waals surface area contributed by atoms with Crippen molar-refractivity contribution in [3.8, 4) is 0 Å². The summed E-state index contributed by atoms with van der Waals surface area (Å²) in [6.07, 6.45) is 4.74. The highest BCUT2D eigenvalue weighted by Gasteiger charge is 2.16. The Bertz CT molecular complexity index is 882. The zero-order valence-electron chi connectivity index (χ0n) is 14.9. The molecule has 0 saturated carbocycles. The molecule has 0 N–H and O–H groups in total. The van der Waals surface area contributed by atoms with Crippen molar-refractivity contribution in [1.29, 1.82) is 0 Å². The number of aryl methyl sites for hydroxylation is 1. The minimum Gasteiger partial charge on any atom is -0.385 e. The lowest BCUT2D eigenvalue weighted by molar-refractivity contribution is 0.102. The maximum absolute atomic E-state index is 12.7.